The van der Waals surface area contributed by atoms with Gasteiger partial charge < -0.3 is 14.6 Å². The van der Waals surface area contributed by atoms with Crippen molar-refractivity contribution >= 4 is 12.0 Å². The lowest BCUT2D eigenvalue weighted by Crippen LogP contribution is -2.26. The Morgan fingerprint density at radius 1 is 1.35 bits per heavy atom. The van der Waals surface area contributed by atoms with Crippen molar-refractivity contribution in [2.45, 2.75) is 38.9 Å². The lowest BCUT2D eigenvalue weighted by atomic mass is 10.1. The van der Waals surface area contributed by atoms with Crippen molar-refractivity contribution in [3.63, 3.8) is 0 Å². The molecule has 0 spiro atoms. The molecule has 0 unspecified atom stereocenters. The number of carbonyl (C=O) groups excluding carboxylic acids is 1. The number of aliphatic hydroxyl groups is 1. The van der Waals surface area contributed by atoms with Crippen molar-refractivity contribution in [1.29, 1.82) is 0 Å². The van der Waals surface area contributed by atoms with Crippen LogP contribution in [0.2, 0.25) is 0 Å². The van der Waals surface area contributed by atoms with Crippen LogP contribution < -0.4 is 4.74 Å². The fraction of sp³-hybridized carbons (Fsp3) is 0.438. The molecule has 1 aromatic rings. The zero-order chi connectivity index (χ0) is 15.2. The minimum absolute atomic E-state index is 0.0665. The monoisotopic (exact) mass is 278 g/mol. The van der Waals surface area contributed by atoms with Crippen molar-refractivity contribution in [2.24, 2.45) is 0 Å². The predicted octanol–water partition coefficient (Wildman–Crippen LogP) is 2.80. The molecule has 4 nitrogen and oxygen atoms in total. The molecule has 0 saturated heterocycles. The van der Waals surface area contributed by atoms with Gasteiger partial charge in [0.2, 0.25) is 0 Å². The molecule has 0 bridgehead atoms. The number of rotatable bonds is 5. The molecule has 0 fully saturated rings. The topological polar surface area (TPSA) is 55.8 Å². The Labute approximate surface area is 120 Å². The number of para-hydroxylation sites is 1. The minimum Gasteiger partial charge on any atom is -0.496 e. The van der Waals surface area contributed by atoms with Gasteiger partial charge in [0.25, 0.3) is 0 Å². The van der Waals surface area contributed by atoms with Crippen molar-refractivity contribution in [3.05, 3.63) is 35.9 Å². The summed E-state index contributed by atoms with van der Waals surface area (Å²) < 4.78 is 10.3. The molecule has 0 aliphatic carbocycles. The highest BCUT2D eigenvalue weighted by Crippen LogP contribution is 2.19. The molecule has 0 radical (unpaired) electrons. The van der Waals surface area contributed by atoms with E-state index in [1.54, 1.807) is 40.0 Å². The van der Waals surface area contributed by atoms with Crippen LogP contribution in [0.15, 0.2) is 30.3 Å². The van der Waals surface area contributed by atoms with E-state index in [1.807, 2.05) is 24.3 Å². The Morgan fingerprint density at radius 2 is 2.00 bits per heavy atom. The van der Waals surface area contributed by atoms with Crippen LogP contribution in [-0.4, -0.2) is 29.9 Å². The summed E-state index contributed by atoms with van der Waals surface area (Å²) in [4.78, 5) is 11.6. The highest BCUT2D eigenvalue weighted by atomic mass is 16.6. The summed E-state index contributed by atoms with van der Waals surface area (Å²) in [6.45, 7) is 5.38. The smallest absolute Gasteiger partial charge is 0.309 e. The van der Waals surface area contributed by atoms with E-state index >= 15 is 0 Å². The number of hydrogen-bond donors (Lipinski definition) is 1. The number of esters is 1. The number of methoxy groups -OCH3 is 1. The van der Waals surface area contributed by atoms with Crippen LogP contribution in [0.25, 0.3) is 6.08 Å². The van der Waals surface area contributed by atoms with Crippen LogP contribution in [0.4, 0.5) is 0 Å². The molecule has 0 aromatic heterocycles. The van der Waals surface area contributed by atoms with E-state index in [2.05, 4.69) is 0 Å². The Balaban J connectivity index is 2.59. The fourth-order valence-electron chi connectivity index (χ4n) is 1.64. The first-order chi connectivity index (χ1) is 9.31. The summed E-state index contributed by atoms with van der Waals surface area (Å²) in [5, 5.41) is 9.81. The molecule has 0 heterocycles. The Morgan fingerprint density at radius 3 is 2.60 bits per heavy atom. The molecular weight excluding hydrogens is 256 g/mol. The molecule has 1 atom stereocenters. The predicted molar refractivity (Wildman–Crippen MR) is 78.5 cm³/mol. The zero-order valence-corrected chi connectivity index (χ0v) is 12.4. The average molecular weight is 278 g/mol. The Hall–Kier alpha value is -1.81. The van der Waals surface area contributed by atoms with Gasteiger partial charge in [0.15, 0.2) is 0 Å². The van der Waals surface area contributed by atoms with Crippen LogP contribution in [0.1, 0.15) is 32.8 Å². The van der Waals surface area contributed by atoms with Crippen LogP contribution in [-0.2, 0) is 9.53 Å². The SMILES string of the molecule is COc1ccccc1/C=C/[C@@H](O)CC(=O)OC(C)(C)C. The normalized spacial score (nSPS) is 13.2. The quantitative estimate of drug-likeness (QED) is 0.841. The highest BCUT2D eigenvalue weighted by Gasteiger charge is 2.18. The highest BCUT2D eigenvalue weighted by molar-refractivity contribution is 5.71. The van der Waals surface area contributed by atoms with Gasteiger partial charge in [-0.1, -0.05) is 30.4 Å². The van der Waals surface area contributed by atoms with Gasteiger partial charge in [-0.2, -0.15) is 0 Å². The van der Waals surface area contributed by atoms with E-state index < -0.39 is 17.7 Å². The van der Waals surface area contributed by atoms with Gasteiger partial charge in [-0.3, -0.25) is 4.79 Å². The van der Waals surface area contributed by atoms with Crippen LogP contribution in [0.5, 0.6) is 5.75 Å². The second-order valence-corrected chi connectivity index (χ2v) is 5.46. The van der Waals surface area contributed by atoms with E-state index in [0.717, 1.165) is 5.56 Å². The first-order valence-corrected chi connectivity index (χ1v) is 6.53. The summed E-state index contributed by atoms with van der Waals surface area (Å²) in [6.07, 6.45) is 2.34. The second-order valence-electron chi connectivity index (χ2n) is 5.46. The van der Waals surface area contributed by atoms with Gasteiger partial charge >= 0.3 is 5.97 Å². The van der Waals surface area contributed by atoms with Gasteiger partial charge in [0.1, 0.15) is 11.4 Å². The van der Waals surface area contributed by atoms with E-state index in [0.29, 0.717) is 5.75 Å². The van der Waals surface area contributed by atoms with E-state index in [-0.39, 0.29) is 6.42 Å². The second kappa shape index (κ2) is 7.10. The summed E-state index contributed by atoms with van der Waals surface area (Å²) in [5.41, 5.74) is 0.307. The number of hydrogen-bond acceptors (Lipinski definition) is 4. The molecule has 1 aromatic carbocycles. The van der Waals surface area contributed by atoms with E-state index in [4.69, 9.17) is 9.47 Å². The molecule has 0 aliphatic heterocycles. The molecule has 110 valence electrons. The van der Waals surface area contributed by atoms with Gasteiger partial charge in [-0.15, -0.1) is 0 Å². The van der Waals surface area contributed by atoms with Gasteiger partial charge in [0, 0.05) is 5.56 Å². The van der Waals surface area contributed by atoms with Crippen LogP contribution in [0.3, 0.4) is 0 Å². The van der Waals surface area contributed by atoms with E-state index in [9.17, 15) is 9.90 Å². The third-order valence-corrected chi connectivity index (χ3v) is 2.43. The van der Waals surface area contributed by atoms with Gasteiger partial charge in [0.05, 0.1) is 19.6 Å². The van der Waals surface area contributed by atoms with Crippen LogP contribution >= 0.6 is 0 Å². The molecular formula is C16H22O4. The summed E-state index contributed by atoms with van der Waals surface area (Å²) in [5.74, 6) is 0.294. The van der Waals surface area contributed by atoms with Crippen molar-refractivity contribution in [1.82, 2.24) is 0 Å². The Kier molecular flexibility index (Phi) is 5.77. The molecule has 0 saturated carbocycles. The fourth-order valence-corrected chi connectivity index (χ4v) is 1.64. The van der Waals surface area contributed by atoms with Gasteiger partial charge in [-0.25, -0.2) is 0 Å². The third-order valence-electron chi connectivity index (χ3n) is 2.43. The minimum atomic E-state index is -0.880. The number of aliphatic hydroxyl groups excluding tert-OH is 1. The zero-order valence-electron chi connectivity index (χ0n) is 12.4. The maximum absolute atomic E-state index is 11.6. The molecule has 1 N–H and O–H groups in total. The van der Waals surface area contributed by atoms with Gasteiger partial charge in [-0.05, 0) is 26.8 Å². The number of benzene rings is 1. The lowest BCUT2D eigenvalue weighted by molar-refractivity contribution is -0.156. The van der Waals surface area contributed by atoms with Crippen molar-refractivity contribution < 1.29 is 19.4 Å². The maximum atomic E-state index is 11.6. The first-order valence-electron chi connectivity index (χ1n) is 6.53. The molecule has 20 heavy (non-hydrogen) atoms. The largest absolute Gasteiger partial charge is 0.496 e. The number of ether oxygens (including phenoxy) is 2. The first kappa shape index (κ1) is 16.2. The number of carbonyl (C=O) groups is 1. The Bertz CT molecular complexity index is 472. The van der Waals surface area contributed by atoms with E-state index in [1.165, 1.54) is 0 Å². The van der Waals surface area contributed by atoms with Crippen molar-refractivity contribution in [3.8, 4) is 5.75 Å². The average Bonchev–Trinajstić information content (AvgIpc) is 2.34. The summed E-state index contributed by atoms with van der Waals surface area (Å²) >= 11 is 0. The third kappa shape index (κ3) is 5.89. The summed E-state index contributed by atoms with van der Waals surface area (Å²) in [6, 6.07) is 7.45. The molecule has 0 amide bonds. The van der Waals surface area contributed by atoms with Crippen molar-refractivity contribution in [2.75, 3.05) is 7.11 Å². The molecule has 1 rings (SSSR count). The summed E-state index contributed by atoms with van der Waals surface area (Å²) in [7, 11) is 1.59. The van der Waals surface area contributed by atoms with Crippen LogP contribution in [0, 0.1) is 0 Å². The maximum Gasteiger partial charge on any atom is 0.309 e. The molecule has 0 aliphatic rings. The standard InChI is InChI=1S/C16H22O4/c1-16(2,3)20-15(18)11-13(17)10-9-12-7-5-6-8-14(12)19-4/h5-10,13,17H,11H2,1-4H3/b10-9+/t13-/m1/s1. The molecule has 4 heteroatoms. The lowest BCUT2D eigenvalue weighted by Gasteiger charge is -2.20.